The molecule has 0 spiro atoms. The smallest absolute Gasteiger partial charge is 0.394 e. The number of fused-ring (bicyclic) bond motifs is 1. The molecule has 24 heteroatoms. The van der Waals surface area contributed by atoms with Crippen molar-refractivity contribution in [1.82, 2.24) is 19.5 Å². The zero-order valence-electron chi connectivity index (χ0n) is 19.8. The molecule has 0 aliphatic carbocycles. The number of anilines is 1. The molecule has 40 heavy (non-hydrogen) atoms. The number of H-pyrrole nitrogens is 1. The van der Waals surface area contributed by atoms with E-state index in [1.54, 1.807) is 0 Å². The van der Waals surface area contributed by atoms with Gasteiger partial charge in [-0.2, -0.15) is 9.29 Å². The molecule has 3 heterocycles. The third-order valence-electron chi connectivity index (χ3n) is 5.09. The molecule has 22 nitrogen and oxygen atoms in total. The number of nitrogens with zero attached hydrogens (tertiary/aromatic N) is 3. The Morgan fingerprint density at radius 3 is 2.33 bits per heavy atom. The van der Waals surface area contributed by atoms with E-state index in [9.17, 15) is 33.8 Å². The number of nitrogens with two attached hydrogens (primary N) is 1. The molecule has 0 radical (unpaired) electrons. The van der Waals surface area contributed by atoms with E-state index in [1.165, 1.54) is 0 Å². The molecule has 1 aliphatic rings. The second-order valence-corrected chi connectivity index (χ2v) is 10.8. The van der Waals surface area contributed by atoms with E-state index < -0.39 is 83.4 Å². The predicted molar refractivity (Wildman–Crippen MR) is 125 cm³/mol. The van der Waals surface area contributed by atoms with Crippen LogP contribution in [0.5, 0.6) is 0 Å². The number of carbonyl (C=O) groups is 1. The number of aromatic amines is 1. The molecule has 0 aromatic carbocycles. The van der Waals surface area contributed by atoms with E-state index >= 15 is 0 Å². The number of phosphoric acid groups is 2. The highest BCUT2D eigenvalue weighted by Gasteiger charge is 2.46. The van der Waals surface area contributed by atoms with Crippen molar-refractivity contribution in [3.05, 3.63) is 16.7 Å². The standard InChI is InChI=1S/C10H15N5O11P2.C6H12O6/c11-10-13-7-4(8(18)14-10)12-2-15(7)9-6(17)5(16)3(25-9)1-24-28(22,23)26-27(19,20)21;7-1-3(9)5(11)6(12)4(10)2-8/h2-3,5-6,9,16-17H,1H2,(H,22,23)(H2,19,20,21)(H3,11,13,14,18);1,3-6,8-12H,2H2/t3-,5-,6-,9-;3-,4-,5-,6-/m11/s1. The van der Waals surface area contributed by atoms with Crippen molar-refractivity contribution >= 4 is 39.0 Å². The number of ether oxygens (including phenoxy) is 1. The van der Waals surface area contributed by atoms with Crippen molar-refractivity contribution < 1.29 is 77.9 Å². The van der Waals surface area contributed by atoms with E-state index in [0.29, 0.717) is 0 Å². The summed E-state index contributed by atoms with van der Waals surface area (Å²) in [6, 6.07) is 0. The molecule has 1 saturated heterocycles. The average molecular weight is 623 g/mol. The topological polar surface area (TPSA) is 371 Å². The summed E-state index contributed by atoms with van der Waals surface area (Å²) in [5.74, 6) is -0.233. The number of phosphoric ester groups is 1. The zero-order valence-corrected chi connectivity index (χ0v) is 21.6. The Morgan fingerprint density at radius 2 is 1.77 bits per heavy atom. The van der Waals surface area contributed by atoms with E-state index in [2.05, 4.69) is 23.8 Å². The molecule has 1 fully saturated rings. The van der Waals surface area contributed by atoms with Crippen molar-refractivity contribution in [3.63, 3.8) is 0 Å². The number of aliphatic hydroxyl groups is 7. The highest BCUT2D eigenvalue weighted by Crippen LogP contribution is 2.57. The zero-order chi connectivity index (χ0) is 30.6. The average Bonchev–Trinajstić information content (AvgIpc) is 3.40. The monoisotopic (exact) mass is 623 g/mol. The van der Waals surface area contributed by atoms with Crippen LogP contribution in [0.1, 0.15) is 6.23 Å². The molecule has 3 rings (SSSR count). The van der Waals surface area contributed by atoms with E-state index in [4.69, 9.17) is 45.8 Å². The van der Waals surface area contributed by atoms with Gasteiger partial charge in [0.2, 0.25) is 5.95 Å². The Hall–Kier alpha value is -2.24. The van der Waals surface area contributed by atoms with Crippen molar-refractivity contribution in [2.75, 3.05) is 18.9 Å². The molecule has 0 saturated carbocycles. The molecule has 9 atom stereocenters. The summed E-state index contributed by atoms with van der Waals surface area (Å²) < 4.78 is 36.6. The number of aromatic nitrogens is 4. The van der Waals surface area contributed by atoms with Crippen molar-refractivity contribution in [2.24, 2.45) is 0 Å². The maximum Gasteiger partial charge on any atom is 0.481 e. The number of hydrogen-bond donors (Lipinski definition) is 12. The van der Waals surface area contributed by atoms with Crippen LogP contribution < -0.4 is 11.3 Å². The van der Waals surface area contributed by atoms with E-state index in [0.717, 1.165) is 10.9 Å². The van der Waals surface area contributed by atoms with Crippen molar-refractivity contribution in [1.29, 1.82) is 0 Å². The largest absolute Gasteiger partial charge is 0.481 e. The molecule has 2 aromatic rings. The summed E-state index contributed by atoms with van der Waals surface area (Å²) in [5.41, 5.74) is 4.65. The summed E-state index contributed by atoms with van der Waals surface area (Å²) in [5, 5.41) is 63.8. The first-order chi connectivity index (χ1) is 18.4. The predicted octanol–water partition coefficient (Wildman–Crippen LogP) is -5.83. The van der Waals surface area contributed by atoms with Gasteiger partial charge in [0.25, 0.3) is 5.56 Å². The number of aliphatic hydroxyl groups excluding tert-OH is 7. The van der Waals surface area contributed by atoms with Gasteiger partial charge in [-0.05, 0) is 0 Å². The van der Waals surface area contributed by atoms with Crippen LogP contribution in [0.4, 0.5) is 5.95 Å². The fraction of sp³-hybridized carbons (Fsp3) is 0.625. The van der Waals surface area contributed by atoms with Gasteiger partial charge in [0.1, 0.15) is 42.7 Å². The number of aldehydes is 1. The first-order valence-corrected chi connectivity index (χ1v) is 13.7. The summed E-state index contributed by atoms with van der Waals surface area (Å²) >= 11 is 0. The maximum atomic E-state index is 11.8. The lowest BCUT2D eigenvalue weighted by Crippen LogP contribution is -2.46. The fourth-order valence-electron chi connectivity index (χ4n) is 3.17. The van der Waals surface area contributed by atoms with Crippen LogP contribution in [0.2, 0.25) is 0 Å². The van der Waals surface area contributed by atoms with Gasteiger partial charge < -0.3 is 65.7 Å². The third kappa shape index (κ3) is 8.63. The normalized spacial score (nSPS) is 25.9. The SMILES string of the molecule is Nc1nc2c(ncn2[C@@H]2O[C@H](COP(=O)(O)OP(=O)(O)O)[C@@H](O)[C@H]2O)c(=O)[nH]1.O=C[C@@H](O)[C@@H](O)[C@H](O)[C@H](O)CO. The van der Waals surface area contributed by atoms with Crippen molar-refractivity contribution in [3.8, 4) is 0 Å². The summed E-state index contributed by atoms with van der Waals surface area (Å²) in [6.07, 6.45) is -11.7. The van der Waals surface area contributed by atoms with Gasteiger partial charge in [-0.1, -0.05) is 0 Å². The highest BCUT2D eigenvalue weighted by atomic mass is 31.3. The Labute approximate surface area is 221 Å². The number of carbonyl (C=O) groups excluding carboxylic acids is 1. The summed E-state index contributed by atoms with van der Waals surface area (Å²) in [4.78, 5) is 58.0. The summed E-state index contributed by atoms with van der Waals surface area (Å²) in [6.45, 7) is -1.63. The Morgan fingerprint density at radius 1 is 1.15 bits per heavy atom. The van der Waals surface area contributed by atoms with Gasteiger partial charge in [0, 0.05) is 0 Å². The van der Waals surface area contributed by atoms with Gasteiger partial charge in [0.15, 0.2) is 23.7 Å². The van der Waals surface area contributed by atoms with Crippen LogP contribution in [0.25, 0.3) is 11.2 Å². The molecule has 228 valence electrons. The minimum atomic E-state index is -5.32. The second-order valence-electron chi connectivity index (χ2n) is 8.02. The van der Waals surface area contributed by atoms with Crippen LogP contribution in [0, 0.1) is 0 Å². The first kappa shape index (κ1) is 34.0. The Balaban J connectivity index is 0.000000395. The van der Waals surface area contributed by atoms with Gasteiger partial charge in [-0.25, -0.2) is 14.1 Å². The van der Waals surface area contributed by atoms with E-state index in [-0.39, 0.29) is 23.4 Å². The van der Waals surface area contributed by atoms with Crippen LogP contribution in [0.3, 0.4) is 0 Å². The fourth-order valence-corrected chi connectivity index (χ4v) is 4.77. The molecule has 0 amide bonds. The lowest BCUT2D eigenvalue weighted by Gasteiger charge is -2.22. The van der Waals surface area contributed by atoms with Crippen LogP contribution in [-0.4, -0.2) is 132 Å². The maximum absolute atomic E-state index is 11.8. The minimum Gasteiger partial charge on any atom is -0.394 e. The van der Waals surface area contributed by atoms with Gasteiger partial charge in [-0.15, -0.1) is 0 Å². The summed E-state index contributed by atoms with van der Waals surface area (Å²) in [7, 11) is -10.5. The number of imidazole rings is 1. The van der Waals surface area contributed by atoms with Gasteiger partial charge in [-0.3, -0.25) is 18.9 Å². The van der Waals surface area contributed by atoms with E-state index in [1.807, 2.05) is 0 Å². The Kier molecular flexibility index (Phi) is 11.6. The second kappa shape index (κ2) is 13.6. The molecule has 2 aromatic heterocycles. The molecule has 13 N–H and O–H groups in total. The minimum absolute atomic E-state index is 0.0258. The Bertz CT molecular complexity index is 1300. The van der Waals surface area contributed by atoms with Gasteiger partial charge >= 0.3 is 15.6 Å². The number of nitrogens with one attached hydrogen (secondary N) is 1. The molecule has 0 bridgehead atoms. The first-order valence-electron chi connectivity index (χ1n) is 10.7. The van der Waals surface area contributed by atoms with Crippen LogP contribution in [0.15, 0.2) is 11.1 Å². The molecular formula is C16H27N5O17P2. The van der Waals surface area contributed by atoms with Crippen molar-refractivity contribution in [2.45, 2.75) is 49.0 Å². The van der Waals surface area contributed by atoms with Crippen LogP contribution in [-0.2, 0) is 27.5 Å². The lowest BCUT2D eigenvalue weighted by molar-refractivity contribution is -0.136. The molecular weight excluding hydrogens is 596 g/mol. The van der Waals surface area contributed by atoms with Crippen LogP contribution >= 0.6 is 15.6 Å². The number of nitrogen functional groups attached to an aromatic ring is 1. The number of rotatable bonds is 11. The molecule has 1 aliphatic heterocycles. The quantitative estimate of drug-likeness (QED) is 0.0818. The third-order valence-corrected chi connectivity index (χ3v) is 7.25. The molecule has 1 unspecified atom stereocenters. The number of hydrogen-bond acceptors (Lipinski definition) is 17. The highest BCUT2D eigenvalue weighted by molar-refractivity contribution is 7.60. The lowest BCUT2D eigenvalue weighted by atomic mass is 10.0. The van der Waals surface area contributed by atoms with Gasteiger partial charge in [0.05, 0.1) is 19.5 Å².